The van der Waals surface area contributed by atoms with Crippen LogP contribution in [0.1, 0.15) is 16.1 Å². The van der Waals surface area contributed by atoms with E-state index in [0.29, 0.717) is 34.1 Å². The van der Waals surface area contributed by atoms with Crippen molar-refractivity contribution in [2.24, 2.45) is 0 Å². The molecule has 0 fully saturated rings. The number of halogens is 1. The summed E-state index contributed by atoms with van der Waals surface area (Å²) in [5.74, 6) is 0.0306. The number of rotatable bonds is 5. The van der Waals surface area contributed by atoms with Crippen LogP contribution in [0.15, 0.2) is 42.5 Å². The van der Waals surface area contributed by atoms with Crippen molar-refractivity contribution in [1.29, 1.82) is 0 Å². The molecule has 0 radical (unpaired) electrons. The van der Waals surface area contributed by atoms with Crippen molar-refractivity contribution < 1.29 is 18.7 Å². The zero-order valence-corrected chi connectivity index (χ0v) is 14.6. The molecule has 6 nitrogen and oxygen atoms in total. The highest BCUT2D eigenvalue weighted by molar-refractivity contribution is 6.06. The SMILES string of the molecule is COc1ccc(-c2n[nH]c(C)c2NC(=O)c2ccccc2F)c(OC)c1. The predicted molar refractivity (Wildman–Crippen MR) is 96.2 cm³/mol. The second-order valence-corrected chi connectivity index (χ2v) is 5.57. The third kappa shape index (κ3) is 3.23. The fraction of sp³-hybridized carbons (Fsp3) is 0.158. The van der Waals surface area contributed by atoms with Gasteiger partial charge < -0.3 is 14.8 Å². The molecular weight excluding hydrogens is 337 g/mol. The van der Waals surface area contributed by atoms with E-state index in [2.05, 4.69) is 15.5 Å². The van der Waals surface area contributed by atoms with Crippen molar-refractivity contribution in [3.63, 3.8) is 0 Å². The molecule has 1 heterocycles. The van der Waals surface area contributed by atoms with E-state index >= 15 is 0 Å². The van der Waals surface area contributed by atoms with Crippen molar-refractivity contribution in [2.45, 2.75) is 6.92 Å². The molecule has 0 bridgehead atoms. The first kappa shape index (κ1) is 17.5. The van der Waals surface area contributed by atoms with E-state index in [-0.39, 0.29) is 5.56 Å². The van der Waals surface area contributed by atoms with Gasteiger partial charge in [0, 0.05) is 11.6 Å². The summed E-state index contributed by atoms with van der Waals surface area (Å²) in [5.41, 5.74) is 2.22. The number of aromatic amines is 1. The number of anilines is 1. The molecule has 1 aromatic heterocycles. The molecule has 3 aromatic rings. The lowest BCUT2D eigenvalue weighted by molar-refractivity contribution is 0.102. The summed E-state index contributed by atoms with van der Waals surface area (Å²) < 4.78 is 24.5. The largest absolute Gasteiger partial charge is 0.497 e. The Morgan fingerprint density at radius 3 is 2.62 bits per heavy atom. The van der Waals surface area contributed by atoms with Gasteiger partial charge in [-0.05, 0) is 31.2 Å². The Morgan fingerprint density at radius 1 is 1.15 bits per heavy atom. The predicted octanol–water partition coefficient (Wildman–Crippen LogP) is 3.79. The molecule has 3 rings (SSSR count). The first-order chi connectivity index (χ1) is 12.5. The summed E-state index contributed by atoms with van der Waals surface area (Å²) in [7, 11) is 3.10. The number of H-pyrrole nitrogens is 1. The van der Waals surface area contributed by atoms with Gasteiger partial charge in [-0.15, -0.1) is 0 Å². The number of hydrogen-bond donors (Lipinski definition) is 2. The number of aromatic nitrogens is 2. The van der Waals surface area contributed by atoms with Gasteiger partial charge in [0.2, 0.25) is 0 Å². The number of amides is 1. The molecule has 0 unspecified atom stereocenters. The van der Waals surface area contributed by atoms with E-state index < -0.39 is 11.7 Å². The van der Waals surface area contributed by atoms with Crippen molar-refractivity contribution in [3.8, 4) is 22.8 Å². The molecule has 0 spiro atoms. The monoisotopic (exact) mass is 355 g/mol. The maximum Gasteiger partial charge on any atom is 0.258 e. The Bertz CT molecular complexity index is 953. The van der Waals surface area contributed by atoms with Gasteiger partial charge in [0.05, 0.1) is 31.2 Å². The van der Waals surface area contributed by atoms with Crippen LogP contribution in [0.4, 0.5) is 10.1 Å². The van der Waals surface area contributed by atoms with Crippen molar-refractivity contribution in [1.82, 2.24) is 10.2 Å². The number of carbonyl (C=O) groups is 1. The maximum absolute atomic E-state index is 13.9. The van der Waals surface area contributed by atoms with Crippen LogP contribution in [0.25, 0.3) is 11.3 Å². The van der Waals surface area contributed by atoms with Crippen molar-refractivity contribution in [3.05, 3.63) is 59.5 Å². The van der Waals surface area contributed by atoms with Crippen LogP contribution in [0, 0.1) is 12.7 Å². The van der Waals surface area contributed by atoms with Gasteiger partial charge in [-0.3, -0.25) is 9.89 Å². The third-order valence-corrected chi connectivity index (χ3v) is 3.97. The average molecular weight is 355 g/mol. The van der Waals surface area contributed by atoms with E-state index in [1.165, 1.54) is 25.3 Å². The number of hydrogen-bond acceptors (Lipinski definition) is 4. The molecule has 0 aliphatic carbocycles. The van der Waals surface area contributed by atoms with Crippen LogP contribution in [-0.4, -0.2) is 30.3 Å². The van der Waals surface area contributed by atoms with Gasteiger partial charge in [-0.25, -0.2) is 4.39 Å². The minimum absolute atomic E-state index is 0.0410. The summed E-state index contributed by atoms with van der Waals surface area (Å²) in [6.07, 6.45) is 0. The molecule has 1 amide bonds. The summed E-state index contributed by atoms with van der Waals surface area (Å²) in [4.78, 5) is 12.5. The molecule has 0 atom stereocenters. The Hall–Kier alpha value is -3.35. The topological polar surface area (TPSA) is 76.2 Å². The van der Waals surface area contributed by atoms with Gasteiger partial charge in [0.1, 0.15) is 23.0 Å². The van der Waals surface area contributed by atoms with Crippen LogP contribution < -0.4 is 14.8 Å². The fourth-order valence-corrected chi connectivity index (χ4v) is 2.60. The van der Waals surface area contributed by atoms with Crippen molar-refractivity contribution >= 4 is 11.6 Å². The lowest BCUT2D eigenvalue weighted by atomic mass is 10.1. The van der Waals surface area contributed by atoms with E-state index in [1.54, 1.807) is 38.3 Å². The number of nitrogens with zero attached hydrogens (tertiary/aromatic N) is 1. The summed E-state index contributed by atoms with van der Waals surface area (Å²) in [6, 6.07) is 11.1. The van der Waals surface area contributed by atoms with Gasteiger partial charge in [-0.1, -0.05) is 12.1 Å². The Kier molecular flexibility index (Phi) is 4.88. The highest BCUT2D eigenvalue weighted by Crippen LogP contribution is 2.37. The quantitative estimate of drug-likeness (QED) is 0.730. The second-order valence-electron chi connectivity index (χ2n) is 5.57. The smallest absolute Gasteiger partial charge is 0.258 e. The highest BCUT2D eigenvalue weighted by Gasteiger charge is 2.20. The van der Waals surface area contributed by atoms with Crippen LogP contribution in [-0.2, 0) is 0 Å². The van der Waals surface area contributed by atoms with E-state index in [1.807, 2.05) is 0 Å². The second kappa shape index (κ2) is 7.26. The standard InChI is InChI=1S/C19H18FN3O3/c1-11-17(21-19(24)13-6-4-5-7-15(13)20)18(23-22-11)14-9-8-12(25-2)10-16(14)26-3/h4-10H,1-3H3,(H,21,24)(H,22,23). The summed E-state index contributed by atoms with van der Waals surface area (Å²) in [5, 5.41) is 9.84. The number of ether oxygens (including phenoxy) is 2. The lowest BCUT2D eigenvalue weighted by Gasteiger charge is -2.11. The Labute approximate surface area is 150 Å². The number of nitrogens with one attached hydrogen (secondary N) is 2. The molecule has 2 N–H and O–H groups in total. The summed E-state index contributed by atoms with van der Waals surface area (Å²) >= 11 is 0. The van der Waals surface area contributed by atoms with Crippen molar-refractivity contribution in [2.75, 3.05) is 19.5 Å². The van der Waals surface area contributed by atoms with Gasteiger partial charge >= 0.3 is 0 Å². The van der Waals surface area contributed by atoms with Crippen LogP contribution in [0.3, 0.4) is 0 Å². The number of carbonyl (C=O) groups excluding carboxylic acids is 1. The molecule has 7 heteroatoms. The normalized spacial score (nSPS) is 10.5. The first-order valence-electron chi connectivity index (χ1n) is 7.88. The molecule has 134 valence electrons. The zero-order chi connectivity index (χ0) is 18.7. The molecule has 0 saturated heterocycles. The Balaban J connectivity index is 2.00. The van der Waals surface area contributed by atoms with Crippen LogP contribution in [0.2, 0.25) is 0 Å². The average Bonchev–Trinajstić information content (AvgIpc) is 3.01. The molecule has 0 saturated carbocycles. The molecule has 0 aliphatic rings. The maximum atomic E-state index is 13.9. The summed E-state index contributed by atoms with van der Waals surface area (Å²) in [6.45, 7) is 1.77. The lowest BCUT2D eigenvalue weighted by Crippen LogP contribution is -2.14. The van der Waals surface area contributed by atoms with Crippen LogP contribution in [0.5, 0.6) is 11.5 Å². The number of benzene rings is 2. The highest BCUT2D eigenvalue weighted by atomic mass is 19.1. The van der Waals surface area contributed by atoms with Gasteiger partial charge in [0.15, 0.2) is 0 Å². The number of methoxy groups -OCH3 is 2. The van der Waals surface area contributed by atoms with E-state index in [9.17, 15) is 9.18 Å². The third-order valence-electron chi connectivity index (χ3n) is 3.97. The Morgan fingerprint density at radius 2 is 1.92 bits per heavy atom. The molecule has 26 heavy (non-hydrogen) atoms. The molecule has 2 aromatic carbocycles. The fourth-order valence-electron chi connectivity index (χ4n) is 2.60. The van der Waals surface area contributed by atoms with Gasteiger partial charge in [-0.2, -0.15) is 5.10 Å². The molecular formula is C19H18FN3O3. The van der Waals surface area contributed by atoms with E-state index in [4.69, 9.17) is 9.47 Å². The zero-order valence-electron chi connectivity index (χ0n) is 14.6. The minimum Gasteiger partial charge on any atom is -0.497 e. The molecule has 0 aliphatic heterocycles. The van der Waals surface area contributed by atoms with Crippen LogP contribution >= 0.6 is 0 Å². The number of aryl methyl sites for hydroxylation is 1. The van der Waals surface area contributed by atoms with E-state index in [0.717, 1.165) is 0 Å². The van der Waals surface area contributed by atoms with Gasteiger partial charge in [0.25, 0.3) is 5.91 Å². The minimum atomic E-state index is -0.588. The first-order valence-corrected chi connectivity index (χ1v) is 7.88.